The van der Waals surface area contributed by atoms with Gasteiger partial charge in [0.15, 0.2) is 0 Å². The van der Waals surface area contributed by atoms with Gasteiger partial charge in [-0.25, -0.2) is 8.42 Å². The van der Waals surface area contributed by atoms with Crippen LogP contribution >= 0.6 is 0 Å². The van der Waals surface area contributed by atoms with Crippen molar-refractivity contribution in [2.75, 3.05) is 26.3 Å². The highest BCUT2D eigenvalue weighted by atomic mass is 32.2. The molecule has 2 aromatic carbocycles. The van der Waals surface area contributed by atoms with Crippen LogP contribution in [0.1, 0.15) is 27.0 Å². The van der Waals surface area contributed by atoms with E-state index in [1.807, 2.05) is 32.0 Å². The molecule has 8 nitrogen and oxygen atoms in total. The number of hydrogen-bond acceptors (Lipinski definition) is 5. The summed E-state index contributed by atoms with van der Waals surface area (Å²) in [5.41, 5.74) is 7.90. The SMILES string of the molecule is Cc1ccc(CC(=O)NNC(=O)c2cccc(S(=O)(=O)N3CCOCC3)c2)cc1C. The van der Waals surface area contributed by atoms with Gasteiger partial charge >= 0.3 is 0 Å². The van der Waals surface area contributed by atoms with Crippen molar-refractivity contribution in [3.63, 3.8) is 0 Å². The van der Waals surface area contributed by atoms with Crippen LogP contribution in [0.25, 0.3) is 0 Å². The maximum Gasteiger partial charge on any atom is 0.269 e. The van der Waals surface area contributed by atoms with Crippen molar-refractivity contribution in [2.24, 2.45) is 0 Å². The largest absolute Gasteiger partial charge is 0.379 e. The molecule has 1 aliphatic rings. The van der Waals surface area contributed by atoms with Crippen molar-refractivity contribution >= 4 is 21.8 Å². The van der Waals surface area contributed by atoms with Gasteiger partial charge in [-0.1, -0.05) is 24.3 Å². The summed E-state index contributed by atoms with van der Waals surface area (Å²) in [6.45, 7) is 5.18. The summed E-state index contributed by atoms with van der Waals surface area (Å²) in [4.78, 5) is 24.6. The highest BCUT2D eigenvalue weighted by Gasteiger charge is 2.26. The molecule has 0 radical (unpaired) electrons. The van der Waals surface area contributed by atoms with Crippen LogP contribution in [-0.2, 0) is 26.0 Å². The van der Waals surface area contributed by atoms with Crippen molar-refractivity contribution in [2.45, 2.75) is 25.2 Å². The third kappa shape index (κ3) is 5.24. The second-order valence-electron chi connectivity index (χ2n) is 7.14. The Kier molecular flexibility index (Phi) is 6.86. The molecule has 2 N–H and O–H groups in total. The first-order chi connectivity index (χ1) is 14.3. The van der Waals surface area contributed by atoms with Gasteiger partial charge in [0.05, 0.1) is 24.5 Å². The van der Waals surface area contributed by atoms with Gasteiger partial charge in [0, 0.05) is 18.7 Å². The first-order valence-corrected chi connectivity index (χ1v) is 11.0. The van der Waals surface area contributed by atoms with E-state index in [0.717, 1.165) is 16.7 Å². The Morgan fingerprint density at radius 1 is 1.00 bits per heavy atom. The van der Waals surface area contributed by atoms with Crippen LogP contribution in [0.2, 0.25) is 0 Å². The quantitative estimate of drug-likeness (QED) is 0.695. The zero-order valence-electron chi connectivity index (χ0n) is 17.0. The molecular weight excluding hydrogens is 406 g/mol. The smallest absolute Gasteiger partial charge is 0.269 e. The monoisotopic (exact) mass is 431 g/mol. The molecule has 0 aliphatic carbocycles. The summed E-state index contributed by atoms with van der Waals surface area (Å²) >= 11 is 0. The Hall–Kier alpha value is -2.75. The summed E-state index contributed by atoms with van der Waals surface area (Å²) in [6.07, 6.45) is 0.118. The fourth-order valence-electron chi connectivity index (χ4n) is 3.08. The maximum atomic E-state index is 12.8. The molecule has 30 heavy (non-hydrogen) atoms. The second-order valence-corrected chi connectivity index (χ2v) is 9.08. The van der Waals surface area contributed by atoms with Crippen LogP contribution in [0.3, 0.4) is 0 Å². The molecule has 0 atom stereocenters. The number of nitrogens with one attached hydrogen (secondary N) is 2. The van der Waals surface area contributed by atoms with Gasteiger partial charge in [0.1, 0.15) is 0 Å². The molecule has 0 saturated carbocycles. The van der Waals surface area contributed by atoms with Gasteiger partial charge < -0.3 is 4.74 Å². The molecule has 1 heterocycles. The first-order valence-electron chi connectivity index (χ1n) is 9.60. The predicted octanol–water partition coefficient (Wildman–Crippen LogP) is 1.33. The summed E-state index contributed by atoms with van der Waals surface area (Å²) < 4.78 is 32.0. The molecule has 0 aromatic heterocycles. The number of morpholine rings is 1. The first kappa shape index (κ1) is 21.9. The second kappa shape index (κ2) is 9.38. The molecule has 2 aromatic rings. The molecule has 0 bridgehead atoms. The fourth-order valence-corrected chi connectivity index (χ4v) is 4.53. The summed E-state index contributed by atoms with van der Waals surface area (Å²) in [5.74, 6) is -0.967. The molecule has 1 aliphatic heterocycles. The van der Waals surface area contributed by atoms with E-state index in [-0.39, 0.29) is 35.9 Å². The average Bonchev–Trinajstić information content (AvgIpc) is 2.75. The number of rotatable bonds is 5. The lowest BCUT2D eigenvalue weighted by Gasteiger charge is -2.26. The van der Waals surface area contributed by atoms with E-state index in [4.69, 9.17) is 4.74 Å². The van der Waals surface area contributed by atoms with Crippen LogP contribution in [0.5, 0.6) is 0 Å². The Balaban J connectivity index is 1.62. The molecule has 2 amide bonds. The van der Waals surface area contributed by atoms with E-state index in [0.29, 0.717) is 13.2 Å². The van der Waals surface area contributed by atoms with Gasteiger partial charge in [-0.05, 0) is 48.7 Å². The predicted molar refractivity (Wildman–Crippen MR) is 111 cm³/mol. The number of aryl methyl sites for hydroxylation is 2. The molecule has 9 heteroatoms. The maximum absolute atomic E-state index is 12.8. The van der Waals surface area contributed by atoms with Gasteiger partial charge in [-0.15, -0.1) is 0 Å². The normalized spacial score (nSPS) is 14.9. The highest BCUT2D eigenvalue weighted by Crippen LogP contribution is 2.18. The molecule has 160 valence electrons. The minimum Gasteiger partial charge on any atom is -0.379 e. The summed E-state index contributed by atoms with van der Waals surface area (Å²) in [7, 11) is -3.71. The Morgan fingerprint density at radius 2 is 1.73 bits per heavy atom. The standard InChI is InChI=1S/C21H25N3O5S/c1-15-6-7-17(12-16(15)2)13-20(25)22-23-21(26)18-4-3-5-19(14-18)30(27,28)24-8-10-29-11-9-24/h3-7,12,14H,8-11,13H2,1-2H3,(H,22,25)(H,23,26). The number of amides is 2. The number of hydrazine groups is 1. The average molecular weight is 432 g/mol. The van der Waals surface area contributed by atoms with Crippen molar-refractivity contribution in [3.05, 3.63) is 64.7 Å². The van der Waals surface area contributed by atoms with Crippen LogP contribution in [-0.4, -0.2) is 50.8 Å². The number of carbonyl (C=O) groups excluding carboxylic acids is 2. The number of carbonyl (C=O) groups is 2. The van der Waals surface area contributed by atoms with E-state index >= 15 is 0 Å². The topological polar surface area (TPSA) is 105 Å². The third-order valence-electron chi connectivity index (χ3n) is 4.96. The summed E-state index contributed by atoms with van der Waals surface area (Å²) in [5, 5.41) is 0. The van der Waals surface area contributed by atoms with Crippen LogP contribution < -0.4 is 10.9 Å². The van der Waals surface area contributed by atoms with E-state index in [1.54, 1.807) is 0 Å². The molecule has 0 unspecified atom stereocenters. The molecule has 1 fully saturated rings. The van der Waals surface area contributed by atoms with Crippen molar-refractivity contribution in [1.82, 2.24) is 15.2 Å². The number of ether oxygens (including phenoxy) is 1. The Bertz CT molecular complexity index is 1050. The van der Waals surface area contributed by atoms with Crippen LogP contribution in [0.15, 0.2) is 47.4 Å². The zero-order valence-corrected chi connectivity index (χ0v) is 17.8. The number of nitrogens with zero attached hydrogens (tertiary/aromatic N) is 1. The Morgan fingerprint density at radius 3 is 2.43 bits per heavy atom. The molecule has 3 rings (SSSR count). The molecular formula is C21H25N3O5S. The number of sulfonamides is 1. The lowest BCUT2D eigenvalue weighted by Crippen LogP contribution is -2.42. The summed E-state index contributed by atoms with van der Waals surface area (Å²) in [6, 6.07) is 11.5. The zero-order chi connectivity index (χ0) is 21.7. The van der Waals surface area contributed by atoms with Crippen LogP contribution in [0.4, 0.5) is 0 Å². The van der Waals surface area contributed by atoms with Gasteiger partial charge in [-0.3, -0.25) is 20.4 Å². The minimum atomic E-state index is -3.71. The van der Waals surface area contributed by atoms with Crippen molar-refractivity contribution < 1.29 is 22.7 Å². The minimum absolute atomic E-state index is 0.0264. The van der Waals surface area contributed by atoms with Gasteiger partial charge in [0.25, 0.3) is 5.91 Å². The number of hydrogen-bond donors (Lipinski definition) is 2. The third-order valence-corrected chi connectivity index (χ3v) is 6.85. The number of benzene rings is 2. The highest BCUT2D eigenvalue weighted by molar-refractivity contribution is 7.89. The van der Waals surface area contributed by atoms with Gasteiger partial charge in [-0.2, -0.15) is 4.31 Å². The van der Waals surface area contributed by atoms with E-state index in [2.05, 4.69) is 10.9 Å². The van der Waals surface area contributed by atoms with Crippen LogP contribution in [0, 0.1) is 13.8 Å². The molecule has 0 spiro atoms. The Labute approximate surface area is 176 Å². The van der Waals surface area contributed by atoms with E-state index in [9.17, 15) is 18.0 Å². The van der Waals surface area contributed by atoms with E-state index in [1.165, 1.54) is 28.6 Å². The van der Waals surface area contributed by atoms with Crippen molar-refractivity contribution in [3.8, 4) is 0 Å². The lowest BCUT2D eigenvalue weighted by molar-refractivity contribution is -0.121. The van der Waals surface area contributed by atoms with Crippen molar-refractivity contribution in [1.29, 1.82) is 0 Å². The fraction of sp³-hybridized carbons (Fsp3) is 0.333. The van der Waals surface area contributed by atoms with Gasteiger partial charge in [0.2, 0.25) is 15.9 Å². The van der Waals surface area contributed by atoms with E-state index < -0.39 is 15.9 Å². The lowest BCUT2D eigenvalue weighted by atomic mass is 10.0. The molecule has 1 saturated heterocycles.